The summed E-state index contributed by atoms with van der Waals surface area (Å²) in [4.78, 5) is 15.7. The van der Waals surface area contributed by atoms with Crippen molar-refractivity contribution in [3.05, 3.63) is 52.2 Å². The number of aromatic nitrogens is 3. The molecular weight excluding hydrogens is 338 g/mol. The number of nitrogens with one attached hydrogen (secondary N) is 1. The van der Waals surface area contributed by atoms with Crippen LogP contribution in [0.2, 0.25) is 0 Å². The molecule has 2 fully saturated rings. The van der Waals surface area contributed by atoms with Crippen molar-refractivity contribution in [1.82, 2.24) is 24.6 Å². The number of nitrogens with zero attached hydrogens (tertiary/aromatic N) is 4. The Morgan fingerprint density at radius 3 is 2.56 bits per heavy atom. The maximum atomic E-state index is 13.2. The lowest BCUT2D eigenvalue weighted by Crippen LogP contribution is -2.37. The normalized spacial score (nSPS) is 20.2. The lowest BCUT2D eigenvalue weighted by Gasteiger charge is -2.23. The van der Waals surface area contributed by atoms with Gasteiger partial charge in [-0.05, 0) is 64.3 Å². The van der Waals surface area contributed by atoms with Crippen molar-refractivity contribution in [2.75, 3.05) is 26.2 Å². The minimum absolute atomic E-state index is 0.0402. The summed E-state index contributed by atoms with van der Waals surface area (Å²) in [5.74, 6) is 1.34. The van der Waals surface area contributed by atoms with Gasteiger partial charge < -0.3 is 5.32 Å². The van der Waals surface area contributed by atoms with Crippen molar-refractivity contribution in [2.24, 2.45) is 0 Å². The number of rotatable bonds is 6. The molecule has 0 spiro atoms. The van der Waals surface area contributed by atoms with Crippen LogP contribution in [0.3, 0.4) is 0 Å². The maximum absolute atomic E-state index is 13.2. The first-order valence-corrected chi connectivity index (χ1v) is 10.4. The summed E-state index contributed by atoms with van der Waals surface area (Å²) in [6.45, 7) is 7.79. The first kappa shape index (κ1) is 18.4. The Hall–Kier alpha value is -1.92. The first-order chi connectivity index (χ1) is 13.2. The summed E-state index contributed by atoms with van der Waals surface area (Å²) in [6, 6.07) is 10.6. The van der Waals surface area contributed by atoms with Gasteiger partial charge >= 0.3 is 5.69 Å². The summed E-state index contributed by atoms with van der Waals surface area (Å²) >= 11 is 0. The molecule has 2 aliphatic rings. The van der Waals surface area contributed by atoms with Crippen molar-refractivity contribution >= 4 is 0 Å². The molecule has 0 aliphatic carbocycles. The minimum atomic E-state index is 0.0402. The second kappa shape index (κ2) is 8.40. The van der Waals surface area contributed by atoms with Crippen LogP contribution in [0.4, 0.5) is 0 Å². The van der Waals surface area contributed by atoms with Gasteiger partial charge in [-0.1, -0.05) is 30.3 Å². The van der Waals surface area contributed by atoms with E-state index >= 15 is 0 Å². The van der Waals surface area contributed by atoms with Crippen LogP contribution >= 0.6 is 0 Å². The molecule has 0 unspecified atom stereocenters. The fourth-order valence-electron chi connectivity index (χ4n) is 4.42. The van der Waals surface area contributed by atoms with Crippen molar-refractivity contribution in [2.45, 2.75) is 57.7 Å². The van der Waals surface area contributed by atoms with E-state index in [9.17, 15) is 4.79 Å². The van der Waals surface area contributed by atoms with Gasteiger partial charge in [0.2, 0.25) is 0 Å². The molecule has 3 heterocycles. The Bertz CT molecular complexity index is 785. The van der Waals surface area contributed by atoms with E-state index in [1.165, 1.54) is 12.8 Å². The van der Waals surface area contributed by atoms with Crippen LogP contribution in [0.5, 0.6) is 0 Å². The van der Waals surface area contributed by atoms with Crippen LogP contribution in [0, 0.1) is 0 Å². The molecule has 6 heteroatoms. The third kappa shape index (κ3) is 4.17. The largest absolute Gasteiger partial charge is 0.346 e. The summed E-state index contributed by atoms with van der Waals surface area (Å²) in [5.41, 5.74) is 1.19. The Labute approximate surface area is 161 Å². The van der Waals surface area contributed by atoms with E-state index in [0.29, 0.717) is 25.0 Å². The smallest absolute Gasteiger partial charge is 0.317 e. The fraction of sp³-hybridized carbons (Fsp3) is 0.619. The quantitative estimate of drug-likeness (QED) is 0.847. The molecule has 2 aromatic rings. The molecule has 0 bridgehead atoms. The molecule has 6 nitrogen and oxygen atoms in total. The highest BCUT2D eigenvalue weighted by atomic mass is 16.2. The molecule has 27 heavy (non-hydrogen) atoms. The highest BCUT2D eigenvalue weighted by molar-refractivity contribution is 5.16. The van der Waals surface area contributed by atoms with E-state index in [2.05, 4.69) is 29.3 Å². The number of likely N-dealkylation sites (tertiary alicyclic amines) is 1. The van der Waals surface area contributed by atoms with Gasteiger partial charge in [-0.15, -0.1) is 0 Å². The Morgan fingerprint density at radius 1 is 1.15 bits per heavy atom. The summed E-state index contributed by atoms with van der Waals surface area (Å²) in [5, 5.41) is 8.27. The molecule has 0 radical (unpaired) electrons. The molecular formula is C21H31N5O. The average molecular weight is 370 g/mol. The van der Waals surface area contributed by atoms with Crippen molar-refractivity contribution in [1.29, 1.82) is 0 Å². The van der Waals surface area contributed by atoms with Crippen molar-refractivity contribution in [3.8, 4) is 0 Å². The third-order valence-electron chi connectivity index (χ3n) is 6.04. The third-order valence-corrected chi connectivity index (χ3v) is 6.04. The second-order valence-corrected chi connectivity index (χ2v) is 8.01. The molecule has 1 atom stereocenters. The zero-order valence-corrected chi connectivity index (χ0v) is 16.3. The van der Waals surface area contributed by atoms with Gasteiger partial charge in [-0.3, -0.25) is 9.47 Å². The van der Waals surface area contributed by atoms with Gasteiger partial charge in [-0.25, -0.2) is 9.48 Å². The van der Waals surface area contributed by atoms with Gasteiger partial charge in [0.1, 0.15) is 5.82 Å². The second-order valence-electron chi connectivity index (χ2n) is 8.01. The van der Waals surface area contributed by atoms with E-state index < -0.39 is 0 Å². The van der Waals surface area contributed by atoms with Crippen LogP contribution in [-0.2, 0) is 13.1 Å². The number of benzene rings is 1. The molecule has 0 saturated carbocycles. The number of piperidine rings is 1. The zero-order valence-electron chi connectivity index (χ0n) is 16.3. The van der Waals surface area contributed by atoms with Crippen LogP contribution in [0.1, 0.15) is 49.9 Å². The molecule has 1 aromatic heterocycles. The lowest BCUT2D eigenvalue weighted by atomic mass is 9.97. The molecule has 1 aromatic carbocycles. The SMILES string of the molecule is C[C@H](Cn1nc(C2CCNCC2)n(Cc2ccccc2)c1=O)N1CCCC1. The summed E-state index contributed by atoms with van der Waals surface area (Å²) < 4.78 is 3.64. The Balaban J connectivity index is 1.62. The number of hydrogen-bond donors (Lipinski definition) is 1. The summed E-state index contributed by atoms with van der Waals surface area (Å²) in [7, 11) is 0. The first-order valence-electron chi connectivity index (χ1n) is 10.4. The van der Waals surface area contributed by atoms with Crippen LogP contribution in [-0.4, -0.2) is 51.5 Å². The lowest BCUT2D eigenvalue weighted by molar-refractivity contribution is 0.227. The topological polar surface area (TPSA) is 55.1 Å². The zero-order chi connectivity index (χ0) is 18.6. The average Bonchev–Trinajstić information content (AvgIpc) is 3.34. The molecule has 2 aliphatic heterocycles. The molecule has 1 N–H and O–H groups in total. The Kier molecular flexibility index (Phi) is 5.74. The Morgan fingerprint density at radius 2 is 1.85 bits per heavy atom. The van der Waals surface area contributed by atoms with Crippen molar-refractivity contribution < 1.29 is 0 Å². The highest BCUT2D eigenvalue weighted by Crippen LogP contribution is 2.23. The van der Waals surface area contributed by atoms with Crippen LogP contribution in [0.25, 0.3) is 0 Å². The van der Waals surface area contributed by atoms with E-state index in [1.54, 1.807) is 4.68 Å². The van der Waals surface area contributed by atoms with E-state index in [4.69, 9.17) is 5.10 Å². The molecule has 0 amide bonds. The van der Waals surface area contributed by atoms with Gasteiger partial charge in [0.15, 0.2) is 0 Å². The van der Waals surface area contributed by atoms with Gasteiger partial charge in [-0.2, -0.15) is 5.10 Å². The predicted octanol–water partition coefficient (Wildman–Crippen LogP) is 2.04. The van der Waals surface area contributed by atoms with Crippen LogP contribution < -0.4 is 11.0 Å². The monoisotopic (exact) mass is 369 g/mol. The fourth-order valence-corrected chi connectivity index (χ4v) is 4.42. The van der Waals surface area contributed by atoms with Crippen molar-refractivity contribution in [3.63, 3.8) is 0 Å². The van der Waals surface area contributed by atoms with Crippen LogP contribution in [0.15, 0.2) is 35.1 Å². The number of hydrogen-bond acceptors (Lipinski definition) is 4. The maximum Gasteiger partial charge on any atom is 0.346 e. The van der Waals surface area contributed by atoms with Gasteiger partial charge in [0, 0.05) is 12.0 Å². The standard InChI is InChI=1S/C21H31N5O/c1-17(24-13-5-6-14-24)15-26-21(27)25(16-18-7-3-2-4-8-18)20(23-26)19-9-11-22-12-10-19/h2-4,7-8,17,19,22H,5-6,9-16H2,1H3/t17-/m1/s1. The molecule has 2 saturated heterocycles. The molecule has 146 valence electrons. The van der Waals surface area contributed by atoms with E-state index in [-0.39, 0.29) is 5.69 Å². The van der Waals surface area contributed by atoms with E-state index in [0.717, 1.165) is 50.4 Å². The highest BCUT2D eigenvalue weighted by Gasteiger charge is 2.26. The minimum Gasteiger partial charge on any atom is -0.317 e. The predicted molar refractivity (Wildman–Crippen MR) is 107 cm³/mol. The van der Waals surface area contributed by atoms with E-state index in [1.807, 2.05) is 22.8 Å². The molecule has 4 rings (SSSR count). The van der Waals surface area contributed by atoms with Gasteiger partial charge in [0.25, 0.3) is 0 Å². The summed E-state index contributed by atoms with van der Waals surface area (Å²) in [6.07, 6.45) is 4.63. The van der Waals surface area contributed by atoms with Gasteiger partial charge in [0.05, 0.1) is 13.1 Å².